The van der Waals surface area contributed by atoms with E-state index in [0.29, 0.717) is 6.04 Å². The lowest BCUT2D eigenvalue weighted by Gasteiger charge is -2.17. The molecule has 1 aliphatic rings. The highest BCUT2D eigenvalue weighted by atomic mass is 32.2. The zero-order valence-corrected chi connectivity index (χ0v) is 10.9. The van der Waals surface area contributed by atoms with E-state index in [4.69, 9.17) is 0 Å². The van der Waals surface area contributed by atoms with Crippen LogP contribution >= 0.6 is 0 Å². The third kappa shape index (κ3) is 5.67. The smallest absolute Gasteiger partial charge is 0.0391 e. The molecule has 2 nitrogen and oxygen atoms in total. The van der Waals surface area contributed by atoms with E-state index in [1.165, 1.54) is 19.3 Å². The molecule has 1 rings (SSSR count). The molecule has 1 N–H and O–H groups in total. The van der Waals surface area contributed by atoms with Gasteiger partial charge in [-0.15, -0.1) is 0 Å². The van der Waals surface area contributed by atoms with E-state index in [0.717, 1.165) is 36.8 Å². The summed E-state index contributed by atoms with van der Waals surface area (Å²) in [5.74, 6) is 2.60. The van der Waals surface area contributed by atoms with Gasteiger partial charge in [0.15, 0.2) is 0 Å². The summed E-state index contributed by atoms with van der Waals surface area (Å²) in [7, 11) is -0.597. The van der Waals surface area contributed by atoms with Crippen LogP contribution in [0.25, 0.3) is 0 Å². The summed E-state index contributed by atoms with van der Waals surface area (Å²) in [6.45, 7) is 5.42. The Morgan fingerprint density at radius 1 is 1.33 bits per heavy atom. The standard InChI is InChI=1S/C12H25NOS/c1-3-5-9-15(14)10-12(11-6-7-11)13-8-4-2/h11-13H,3-10H2,1-2H3. The summed E-state index contributed by atoms with van der Waals surface area (Å²) in [4.78, 5) is 0. The second-order valence-electron chi connectivity index (χ2n) is 4.56. The second-order valence-corrected chi connectivity index (χ2v) is 6.18. The Morgan fingerprint density at radius 2 is 2.07 bits per heavy atom. The molecule has 0 spiro atoms. The zero-order valence-electron chi connectivity index (χ0n) is 10.1. The lowest BCUT2D eigenvalue weighted by Crippen LogP contribution is -2.36. The zero-order chi connectivity index (χ0) is 11.1. The van der Waals surface area contributed by atoms with Gasteiger partial charge in [0.1, 0.15) is 0 Å². The minimum absolute atomic E-state index is 0.530. The molecule has 0 bridgehead atoms. The number of rotatable bonds is 9. The van der Waals surface area contributed by atoms with Crippen molar-refractivity contribution in [1.82, 2.24) is 5.32 Å². The lowest BCUT2D eigenvalue weighted by atomic mass is 10.2. The van der Waals surface area contributed by atoms with Crippen molar-refractivity contribution < 1.29 is 4.21 Å². The maximum Gasteiger partial charge on any atom is 0.0391 e. The molecule has 1 aliphatic carbocycles. The average molecular weight is 231 g/mol. The Bertz CT molecular complexity index is 192. The largest absolute Gasteiger partial charge is 0.313 e. The van der Waals surface area contributed by atoms with Gasteiger partial charge in [-0.3, -0.25) is 4.21 Å². The van der Waals surface area contributed by atoms with Crippen LogP contribution in [-0.2, 0) is 10.8 Å². The third-order valence-electron chi connectivity index (χ3n) is 2.94. The van der Waals surface area contributed by atoms with Gasteiger partial charge in [0.2, 0.25) is 0 Å². The topological polar surface area (TPSA) is 29.1 Å². The normalized spacial score (nSPS) is 20.1. The Balaban J connectivity index is 2.20. The number of nitrogens with one attached hydrogen (secondary N) is 1. The first kappa shape index (κ1) is 13.2. The number of unbranched alkanes of at least 4 members (excludes halogenated alkanes) is 1. The van der Waals surface area contributed by atoms with Crippen molar-refractivity contribution in [2.75, 3.05) is 18.1 Å². The third-order valence-corrected chi connectivity index (χ3v) is 4.41. The minimum atomic E-state index is -0.597. The van der Waals surface area contributed by atoms with Crippen molar-refractivity contribution in [3.63, 3.8) is 0 Å². The molecule has 0 aliphatic heterocycles. The van der Waals surface area contributed by atoms with Crippen LogP contribution in [-0.4, -0.2) is 28.3 Å². The minimum Gasteiger partial charge on any atom is -0.313 e. The molecule has 1 saturated carbocycles. The van der Waals surface area contributed by atoms with E-state index in [1.54, 1.807) is 0 Å². The van der Waals surface area contributed by atoms with E-state index in [-0.39, 0.29) is 0 Å². The van der Waals surface area contributed by atoms with E-state index in [2.05, 4.69) is 19.2 Å². The van der Waals surface area contributed by atoms with Crippen molar-refractivity contribution in [3.8, 4) is 0 Å². The predicted molar refractivity (Wildman–Crippen MR) is 67.6 cm³/mol. The molecule has 0 aromatic heterocycles. The molecular weight excluding hydrogens is 206 g/mol. The van der Waals surface area contributed by atoms with Gasteiger partial charge in [0.25, 0.3) is 0 Å². The summed E-state index contributed by atoms with van der Waals surface area (Å²) in [5.41, 5.74) is 0. The van der Waals surface area contributed by atoms with Gasteiger partial charge in [0.05, 0.1) is 0 Å². The van der Waals surface area contributed by atoms with E-state index in [1.807, 2.05) is 0 Å². The van der Waals surface area contributed by atoms with Crippen LogP contribution in [0.5, 0.6) is 0 Å². The fraction of sp³-hybridized carbons (Fsp3) is 1.00. The first-order valence-corrected chi connectivity index (χ1v) is 7.85. The SMILES string of the molecule is CCCCS(=O)CC(NCCC)C1CC1. The van der Waals surface area contributed by atoms with Crippen LogP contribution in [0.3, 0.4) is 0 Å². The fourth-order valence-corrected chi connectivity index (χ4v) is 3.35. The monoisotopic (exact) mass is 231 g/mol. The molecule has 0 aromatic carbocycles. The summed E-state index contributed by atoms with van der Waals surface area (Å²) < 4.78 is 11.8. The molecule has 0 aromatic rings. The van der Waals surface area contributed by atoms with E-state index in [9.17, 15) is 4.21 Å². The molecule has 1 fully saturated rings. The molecule has 0 saturated heterocycles. The van der Waals surface area contributed by atoms with Crippen LogP contribution < -0.4 is 5.32 Å². The van der Waals surface area contributed by atoms with E-state index >= 15 is 0 Å². The van der Waals surface area contributed by atoms with Gasteiger partial charge in [-0.05, 0) is 38.1 Å². The quantitative estimate of drug-likeness (QED) is 0.660. The molecule has 0 heterocycles. The Kier molecular flexibility index (Phi) is 6.50. The maximum absolute atomic E-state index is 11.8. The molecule has 0 radical (unpaired) electrons. The summed E-state index contributed by atoms with van der Waals surface area (Å²) in [6, 6.07) is 0.530. The highest BCUT2D eigenvalue weighted by Crippen LogP contribution is 2.33. The molecule has 3 heteroatoms. The fourth-order valence-electron chi connectivity index (χ4n) is 1.78. The van der Waals surface area contributed by atoms with Crippen LogP contribution in [0.4, 0.5) is 0 Å². The van der Waals surface area contributed by atoms with Crippen molar-refractivity contribution in [1.29, 1.82) is 0 Å². The van der Waals surface area contributed by atoms with Gasteiger partial charge in [0, 0.05) is 28.3 Å². The van der Waals surface area contributed by atoms with Crippen molar-refractivity contribution in [2.45, 2.75) is 52.0 Å². The van der Waals surface area contributed by atoms with Gasteiger partial charge in [-0.1, -0.05) is 20.3 Å². The van der Waals surface area contributed by atoms with Crippen molar-refractivity contribution in [3.05, 3.63) is 0 Å². The average Bonchev–Trinajstić information content (AvgIpc) is 3.04. The van der Waals surface area contributed by atoms with Crippen molar-refractivity contribution >= 4 is 10.8 Å². The van der Waals surface area contributed by atoms with Gasteiger partial charge < -0.3 is 5.32 Å². The first-order valence-electron chi connectivity index (χ1n) is 6.36. The number of hydrogen-bond acceptors (Lipinski definition) is 2. The summed E-state index contributed by atoms with van der Waals surface area (Å²) in [5, 5.41) is 3.55. The lowest BCUT2D eigenvalue weighted by molar-refractivity contribution is 0.498. The highest BCUT2D eigenvalue weighted by Gasteiger charge is 2.31. The first-order chi connectivity index (χ1) is 7.27. The van der Waals surface area contributed by atoms with Crippen LogP contribution in [0.15, 0.2) is 0 Å². The predicted octanol–water partition coefficient (Wildman–Crippen LogP) is 2.31. The summed E-state index contributed by atoms with van der Waals surface area (Å²) >= 11 is 0. The van der Waals surface area contributed by atoms with Crippen LogP contribution in [0.1, 0.15) is 46.0 Å². The Hall–Kier alpha value is 0.110. The van der Waals surface area contributed by atoms with Crippen LogP contribution in [0.2, 0.25) is 0 Å². The molecular formula is C12H25NOS. The van der Waals surface area contributed by atoms with Gasteiger partial charge in [-0.25, -0.2) is 0 Å². The van der Waals surface area contributed by atoms with Gasteiger partial charge >= 0.3 is 0 Å². The molecule has 2 atom stereocenters. The van der Waals surface area contributed by atoms with E-state index < -0.39 is 10.8 Å². The molecule has 0 amide bonds. The highest BCUT2D eigenvalue weighted by molar-refractivity contribution is 7.85. The maximum atomic E-state index is 11.8. The Morgan fingerprint density at radius 3 is 2.60 bits per heavy atom. The Labute approximate surface area is 96.7 Å². The van der Waals surface area contributed by atoms with Crippen LogP contribution in [0, 0.1) is 5.92 Å². The second kappa shape index (κ2) is 7.39. The molecule has 90 valence electrons. The molecule has 15 heavy (non-hydrogen) atoms. The molecule has 2 unspecified atom stereocenters. The number of hydrogen-bond donors (Lipinski definition) is 1. The summed E-state index contributed by atoms with van der Waals surface area (Å²) in [6.07, 6.45) is 6.11. The van der Waals surface area contributed by atoms with Gasteiger partial charge in [-0.2, -0.15) is 0 Å². The van der Waals surface area contributed by atoms with Crippen molar-refractivity contribution in [2.24, 2.45) is 5.92 Å².